The standard InChI is InChI=1S/C9H7NO.2C5H5.Cu.Fe/c11-9-6-5-7-3-1-2-4-8(7)10-9;2*1-2-4-5-3-1;;/h1-6H,(H,10,11);2*1-5H;;. The second-order valence-electron chi connectivity index (χ2n) is 11.9. The number of hydrogen-bond donors (Lipinski definition) is 1. The van der Waals surface area contributed by atoms with Gasteiger partial charge in [0.05, 0.1) is 5.52 Å². The number of aromatic nitrogens is 1. The Bertz CT molecular complexity index is 1180. The Hall–Kier alpha value is -0.531. The molecule has 0 atom stereocenters. The molecule has 10 fully saturated rings. The fourth-order valence-electron chi connectivity index (χ4n) is 16.9. The molecule has 10 aliphatic heterocycles. The molecule has 4 heteroatoms. The molecular formula is C19H17CuFeNO. The smallest absolute Gasteiger partial charge is 0 e. The van der Waals surface area contributed by atoms with E-state index in [1.165, 1.54) is 0 Å². The minimum Gasteiger partial charge on any atom is 0 e. The monoisotopic (exact) mass is 394 g/mol. The van der Waals surface area contributed by atoms with Crippen molar-refractivity contribution in [1.29, 1.82) is 0 Å². The van der Waals surface area contributed by atoms with Crippen molar-refractivity contribution >= 4 is 10.9 Å². The number of para-hydroxylation sites is 1. The van der Waals surface area contributed by atoms with Gasteiger partial charge < -0.3 is 5.11 Å². The van der Waals surface area contributed by atoms with E-state index in [2.05, 4.69) is 4.98 Å². The molecule has 10 aliphatic rings. The Morgan fingerprint density at radius 3 is 1.61 bits per heavy atom. The molecule has 0 unspecified atom stereocenters. The van der Waals surface area contributed by atoms with Gasteiger partial charge in [0, 0.05) is 28.5 Å². The Labute approximate surface area is 134 Å². The van der Waals surface area contributed by atoms with Gasteiger partial charge in [-0.2, -0.15) is 0 Å². The molecule has 1 N–H and O–H groups in total. The van der Waals surface area contributed by atoms with Crippen LogP contribution in [-0.2, 0) is 23.6 Å². The Kier molecular flexibility index (Phi) is 0.500. The van der Waals surface area contributed by atoms with E-state index in [0.717, 1.165) is 10.9 Å². The molecule has 1 aromatic carbocycles. The van der Waals surface area contributed by atoms with Gasteiger partial charge in [0.25, 0.3) is 0 Å². The maximum Gasteiger partial charge on any atom is 0 e. The van der Waals surface area contributed by atoms with Crippen LogP contribution in [0.4, 0.5) is 0 Å². The number of aromatic hydroxyl groups is 1. The van der Waals surface area contributed by atoms with Crippen LogP contribution in [0.2, 0.25) is 48.2 Å². The van der Waals surface area contributed by atoms with Crippen molar-refractivity contribution in [1.82, 2.24) is 4.98 Å². The minimum absolute atomic E-state index is 0. The largest absolute Gasteiger partial charge is 0 e. The average Bonchev–Trinajstić information content (AvgIpc) is 3.48. The van der Waals surface area contributed by atoms with E-state index < -0.39 is 6.51 Å². The summed E-state index contributed by atoms with van der Waals surface area (Å²) >= 11 is 0. The summed E-state index contributed by atoms with van der Waals surface area (Å²) in [6.45, 7) is -2.28. The molecule has 11 heterocycles. The summed E-state index contributed by atoms with van der Waals surface area (Å²) in [5, 5.41) is 10.1. The number of fused-ring (bicyclic) bond motifs is 11. The summed E-state index contributed by atoms with van der Waals surface area (Å²) in [4.78, 5) is 19.8. The topological polar surface area (TPSA) is 33.1 Å². The first-order valence-corrected chi connectivity index (χ1v) is 15.2. The van der Waals surface area contributed by atoms with E-state index in [-0.39, 0.29) is 22.9 Å². The van der Waals surface area contributed by atoms with Crippen LogP contribution in [0.25, 0.3) is 10.9 Å². The predicted molar refractivity (Wildman–Crippen MR) is 80.9 cm³/mol. The van der Waals surface area contributed by atoms with Gasteiger partial charge in [0.2, 0.25) is 5.88 Å². The summed E-state index contributed by atoms with van der Waals surface area (Å²) in [6.07, 6.45) is 0. The summed E-state index contributed by atoms with van der Waals surface area (Å²) in [5.41, 5.74) is 0.826. The molecular weight excluding hydrogens is 378 g/mol. The predicted octanol–water partition coefficient (Wildman–Crippen LogP) is 5.31. The van der Waals surface area contributed by atoms with Crippen LogP contribution in [0.15, 0.2) is 36.4 Å². The van der Waals surface area contributed by atoms with E-state index in [4.69, 9.17) is 5.11 Å². The molecule has 123 valence electrons. The van der Waals surface area contributed by atoms with Crippen molar-refractivity contribution in [2.45, 2.75) is 48.2 Å². The first kappa shape index (κ1) is 10.5. The van der Waals surface area contributed by atoms with E-state index in [1.807, 2.05) is 30.3 Å². The van der Waals surface area contributed by atoms with Crippen LogP contribution >= 0.6 is 0 Å². The molecule has 2 aromatic rings. The van der Waals surface area contributed by atoms with Crippen LogP contribution in [0.3, 0.4) is 0 Å². The first-order valence-electron chi connectivity index (χ1n) is 8.78. The summed E-state index contributed by atoms with van der Waals surface area (Å²) < 4.78 is 0. The van der Waals surface area contributed by atoms with Crippen LogP contribution in [-0.4, -0.2) is 10.1 Å². The van der Waals surface area contributed by atoms with Crippen LogP contribution in [0.1, 0.15) is 0 Å². The van der Waals surface area contributed by atoms with Gasteiger partial charge in [-0.1, -0.05) is 18.2 Å². The second kappa shape index (κ2) is 1.10. The zero-order valence-corrected chi connectivity index (χ0v) is 14.3. The number of rotatable bonds is 0. The van der Waals surface area contributed by atoms with Gasteiger partial charge >= 0.3 is 54.7 Å². The third-order valence-corrected chi connectivity index (χ3v) is 58.1. The molecule has 0 saturated carbocycles. The Morgan fingerprint density at radius 2 is 1.17 bits per heavy atom. The van der Waals surface area contributed by atoms with Gasteiger partial charge in [-0.25, -0.2) is 4.98 Å². The van der Waals surface area contributed by atoms with Crippen LogP contribution in [0.5, 0.6) is 5.88 Å². The number of nitrogens with zero attached hydrogens (tertiary/aromatic N) is 1. The Morgan fingerprint density at radius 1 is 0.696 bits per heavy atom. The van der Waals surface area contributed by atoms with Gasteiger partial charge in [-0.3, -0.25) is 0 Å². The van der Waals surface area contributed by atoms with Crippen molar-refractivity contribution in [2.24, 2.45) is 0 Å². The molecule has 0 bridgehead atoms. The average molecular weight is 395 g/mol. The third-order valence-electron chi connectivity index (χ3n) is 16.1. The van der Waals surface area contributed by atoms with E-state index in [1.54, 1.807) is 54.2 Å². The maximum atomic E-state index is 9.02. The number of pyridine rings is 1. The van der Waals surface area contributed by atoms with Crippen molar-refractivity contribution in [3.63, 3.8) is 0 Å². The molecule has 10 saturated heterocycles. The fourth-order valence-corrected chi connectivity index (χ4v) is 89.0. The number of benzene rings is 1. The fraction of sp³-hybridized carbons (Fsp3) is 0.526. The first-order chi connectivity index (χ1) is 10.5. The molecule has 0 amide bonds. The molecule has 1 radical (unpaired) electrons. The Balaban J connectivity index is 0.0000000776. The summed E-state index contributed by atoms with van der Waals surface area (Å²) in [7, 11) is 0. The molecule has 1 spiro atoms. The van der Waals surface area contributed by atoms with Crippen molar-refractivity contribution in [2.75, 3.05) is 0 Å². The van der Waals surface area contributed by atoms with E-state index >= 15 is 0 Å². The van der Waals surface area contributed by atoms with Gasteiger partial charge in [-0.15, -0.1) is 0 Å². The maximum absolute atomic E-state index is 9.02. The molecule has 23 heavy (non-hydrogen) atoms. The molecule has 0 aliphatic carbocycles. The van der Waals surface area contributed by atoms with Crippen molar-refractivity contribution in [3.8, 4) is 5.88 Å². The van der Waals surface area contributed by atoms with Crippen LogP contribution in [0, 0.1) is 0 Å². The van der Waals surface area contributed by atoms with E-state index in [9.17, 15) is 0 Å². The van der Waals surface area contributed by atoms with Crippen LogP contribution < -0.4 is 0 Å². The zero-order chi connectivity index (χ0) is 13.8. The van der Waals surface area contributed by atoms with Gasteiger partial charge in [0.15, 0.2) is 0 Å². The summed E-state index contributed by atoms with van der Waals surface area (Å²) in [5.74, 6) is 0.0729. The summed E-state index contributed by atoms with van der Waals surface area (Å²) in [6, 6.07) is 11.1. The minimum atomic E-state index is -2.28. The van der Waals surface area contributed by atoms with Crippen molar-refractivity contribution in [3.05, 3.63) is 36.4 Å². The van der Waals surface area contributed by atoms with Crippen molar-refractivity contribution < 1.29 is 28.7 Å². The normalized spacial score (nSPS) is 86.6. The molecule has 12 rings (SSSR count). The molecule has 2 nitrogen and oxygen atoms in total. The van der Waals surface area contributed by atoms with Gasteiger partial charge in [-0.05, 0) is 12.1 Å². The SMILES string of the molecule is Oc1ccc2ccccc2n1.[CH]12[CH]3[CH]4[CH]5[CH]1[Fe]23451678[CH]2[CH]1[CH]6[CH]7[CH]28.[Cu]. The van der Waals surface area contributed by atoms with Gasteiger partial charge in [0.1, 0.15) is 0 Å². The zero-order valence-electron chi connectivity index (χ0n) is 12.3. The quantitative estimate of drug-likeness (QED) is 0.614. The number of hydrogen-bond acceptors (Lipinski definition) is 2. The molecule has 1 aromatic heterocycles. The second-order valence-corrected chi connectivity index (χ2v) is 35.9. The van der Waals surface area contributed by atoms with E-state index in [0.29, 0.717) is 0 Å². The third kappa shape index (κ3) is 0.169.